The monoisotopic (exact) mass is 335 g/mol. The minimum Gasteiger partial charge on any atom is -0.396 e. The molecule has 0 atom stereocenters. The maximum absolute atomic E-state index is 12.3. The molecule has 0 fully saturated rings. The second-order valence-corrected chi connectivity index (χ2v) is 6.82. The number of nitrogens with one attached hydrogen (secondary N) is 1. The van der Waals surface area contributed by atoms with Crippen molar-refractivity contribution in [1.29, 1.82) is 0 Å². The first-order valence-corrected chi connectivity index (χ1v) is 7.92. The van der Waals surface area contributed by atoms with Gasteiger partial charge in [-0.2, -0.15) is 5.10 Å². The van der Waals surface area contributed by atoms with Gasteiger partial charge in [0.05, 0.1) is 5.69 Å². The van der Waals surface area contributed by atoms with Crippen LogP contribution in [0.5, 0.6) is 0 Å². The number of hydrogen-bond donors (Lipinski definition) is 2. The fraction of sp³-hybridized carbons (Fsp3) is 0.412. The molecular weight excluding hydrogens is 314 g/mol. The van der Waals surface area contributed by atoms with Crippen LogP contribution in [0.4, 0.5) is 0 Å². The first-order chi connectivity index (χ1) is 10.8. The Hall–Kier alpha value is -1.85. The highest BCUT2D eigenvalue weighted by atomic mass is 35.5. The van der Waals surface area contributed by atoms with Gasteiger partial charge in [-0.15, -0.1) is 0 Å². The Morgan fingerprint density at radius 2 is 2.13 bits per heavy atom. The standard InChI is InChI=1S/C17H22ClN3O2/c1-12-9-15(16(23)19-11-17(2,3)7-8-22)20-21(12)14-6-4-5-13(18)10-14/h4-6,9-10,22H,7-8,11H2,1-3H3,(H,19,23). The Labute approximate surface area is 141 Å². The van der Waals surface area contributed by atoms with Gasteiger partial charge in [-0.1, -0.05) is 31.5 Å². The maximum atomic E-state index is 12.3. The number of benzene rings is 1. The molecule has 1 amide bonds. The maximum Gasteiger partial charge on any atom is 0.271 e. The average Bonchev–Trinajstić information content (AvgIpc) is 2.87. The van der Waals surface area contributed by atoms with Crippen LogP contribution in [0.25, 0.3) is 5.69 Å². The lowest BCUT2D eigenvalue weighted by Gasteiger charge is -2.23. The van der Waals surface area contributed by atoms with E-state index in [1.54, 1.807) is 22.9 Å². The van der Waals surface area contributed by atoms with E-state index in [0.29, 0.717) is 23.7 Å². The first kappa shape index (κ1) is 17.5. The number of carbonyl (C=O) groups excluding carboxylic acids is 1. The summed E-state index contributed by atoms with van der Waals surface area (Å²) in [6.07, 6.45) is 0.628. The number of aliphatic hydroxyl groups excluding tert-OH is 1. The van der Waals surface area contributed by atoms with Crippen molar-refractivity contribution in [3.05, 3.63) is 46.7 Å². The summed E-state index contributed by atoms with van der Waals surface area (Å²) in [7, 11) is 0. The number of aryl methyl sites for hydroxylation is 1. The normalized spacial score (nSPS) is 11.5. The van der Waals surface area contributed by atoms with Gasteiger partial charge in [0, 0.05) is 23.9 Å². The quantitative estimate of drug-likeness (QED) is 0.852. The minimum absolute atomic E-state index is 0.103. The Morgan fingerprint density at radius 1 is 1.39 bits per heavy atom. The second-order valence-electron chi connectivity index (χ2n) is 6.38. The number of amides is 1. The predicted molar refractivity (Wildman–Crippen MR) is 91.1 cm³/mol. The molecule has 0 radical (unpaired) electrons. The van der Waals surface area contributed by atoms with Crippen LogP contribution >= 0.6 is 11.6 Å². The van der Waals surface area contributed by atoms with Crippen LogP contribution in [-0.4, -0.2) is 33.9 Å². The molecule has 2 rings (SSSR count). The summed E-state index contributed by atoms with van der Waals surface area (Å²) in [6.45, 7) is 6.47. The van der Waals surface area contributed by atoms with Gasteiger partial charge in [-0.25, -0.2) is 4.68 Å². The molecule has 2 N–H and O–H groups in total. The number of aromatic nitrogens is 2. The molecule has 1 aromatic carbocycles. The van der Waals surface area contributed by atoms with Crippen LogP contribution in [0.1, 0.15) is 36.5 Å². The lowest BCUT2D eigenvalue weighted by Crippen LogP contribution is -2.34. The fourth-order valence-electron chi connectivity index (χ4n) is 2.26. The van der Waals surface area contributed by atoms with Gasteiger partial charge in [-0.3, -0.25) is 4.79 Å². The van der Waals surface area contributed by atoms with Gasteiger partial charge in [0.25, 0.3) is 5.91 Å². The number of carbonyl (C=O) groups is 1. The van der Waals surface area contributed by atoms with Crippen LogP contribution in [-0.2, 0) is 0 Å². The molecule has 0 aliphatic rings. The molecule has 0 spiro atoms. The third-order valence-electron chi connectivity index (χ3n) is 3.69. The second kappa shape index (κ2) is 7.15. The van der Waals surface area contributed by atoms with Crippen LogP contribution < -0.4 is 5.32 Å². The molecule has 124 valence electrons. The third kappa shape index (κ3) is 4.56. The van der Waals surface area contributed by atoms with E-state index < -0.39 is 0 Å². The molecule has 0 unspecified atom stereocenters. The Balaban J connectivity index is 2.13. The van der Waals surface area contributed by atoms with Gasteiger partial charge >= 0.3 is 0 Å². The zero-order valence-corrected chi connectivity index (χ0v) is 14.4. The Bertz CT molecular complexity index is 695. The first-order valence-electron chi connectivity index (χ1n) is 7.54. The highest BCUT2D eigenvalue weighted by molar-refractivity contribution is 6.30. The van der Waals surface area contributed by atoms with E-state index in [0.717, 1.165) is 11.4 Å². The van der Waals surface area contributed by atoms with Crippen LogP contribution in [0.3, 0.4) is 0 Å². The van der Waals surface area contributed by atoms with E-state index in [4.69, 9.17) is 16.7 Å². The van der Waals surface area contributed by atoms with E-state index in [9.17, 15) is 4.79 Å². The van der Waals surface area contributed by atoms with Crippen molar-refractivity contribution in [2.24, 2.45) is 5.41 Å². The topological polar surface area (TPSA) is 67.2 Å². The van der Waals surface area contributed by atoms with E-state index in [1.165, 1.54) is 0 Å². The summed E-state index contributed by atoms with van der Waals surface area (Å²) in [6, 6.07) is 9.07. The van der Waals surface area contributed by atoms with Crippen molar-refractivity contribution < 1.29 is 9.90 Å². The van der Waals surface area contributed by atoms with Gasteiger partial charge in [0.2, 0.25) is 0 Å². The van der Waals surface area contributed by atoms with Crippen molar-refractivity contribution in [2.75, 3.05) is 13.2 Å². The van der Waals surface area contributed by atoms with Gasteiger partial charge < -0.3 is 10.4 Å². The summed E-state index contributed by atoms with van der Waals surface area (Å²) < 4.78 is 1.69. The molecule has 23 heavy (non-hydrogen) atoms. The Kier molecular flexibility index (Phi) is 5.44. The largest absolute Gasteiger partial charge is 0.396 e. The van der Waals surface area contributed by atoms with Gasteiger partial charge in [0.15, 0.2) is 5.69 Å². The van der Waals surface area contributed by atoms with Crippen LogP contribution in [0.15, 0.2) is 30.3 Å². The molecular formula is C17H22ClN3O2. The van der Waals surface area contributed by atoms with Crippen molar-refractivity contribution in [3.8, 4) is 5.69 Å². The fourth-order valence-corrected chi connectivity index (χ4v) is 2.44. The highest BCUT2D eigenvalue weighted by Crippen LogP contribution is 2.19. The van der Waals surface area contributed by atoms with Crippen molar-refractivity contribution in [2.45, 2.75) is 27.2 Å². The Morgan fingerprint density at radius 3 is 2.78 bits per heavy atom. The molecule has 1 heterocycles. The minimum atomic E-state index is -0.222. The molecule has 1 aromatic heterocycles. The average molecular weight is 336 g/mol. The van der Waals surface area contributed by atoms with Crippen molar-refractivity contribution in [3.63, 3.8) is 0 Å². The summed E-state index contributed by atoms with van der Waals surface area (Å²) in [5, 5.41) is 16.9. The van der Waals surface area contributed by atoms with Crippen LogP contribution in [0, 0.1) is 12.3 Å². The zero-order valence-electron chi connectivity index (χ0n) is 13.6. The van der Waals surface area contributed by atoms with E-state index in [-0.39, 0.29) is 17.9 Å². The number of halogens is 1. The van der Waals surface area contributed by atoms with Crippen molar-refractivity contribution in [1.82, 2.24) is 15.1 Å². The van der Waals surface area contributed by atoms with E-state index in [2.05, 4.69) is 10.4 Å². The molecule has 2 aromatic rings. The molecule has 0 aliphatic heterocycles. The molecule has 0 saturated carbocycles. The van der Waals surface area contributed by atoms with Crippen LogP contribution in [0.2, 0.25) is 5.02 Å². The number of aliphatic hydroxyl groups is 1. The summed E-state index contributed by atoms with van der Waals surface area (Å²) >= 11 is 6.01. The SMILES string of the molecule is Cc1cc(C(=O)NCC(C)(C)CCO)nn1-c1cccc(Cl)c1. The van der Waals surface area contributed by atoms with Gasteiger partial charge in [0.1, 0.15) is 0 Å². The predicted octanol–water partition coefficient (Wildman–Crippen LogP) is 2.97. The van der Waals surface area contributed by atoms with Crippen molar-refractivity contribution >= 4 is 17.5 Å². The lowest BCUT2D eigenvalue weighted by molar-refractivity contribution is 0.0923. The third-order valence-corrected chi connectivity index (χ3v) is 3.92. The van der Waals surface area contributed by atoms with E-state index >= 15 is 0 Å². The zero-order chi connectivity index (χ0) is 17.0. The molecule has 0 aliphatic carbocycles. The molecule has 0 saturated heterocycles. The molecule has 6 heteroatoms. The number of nitrogens with zero attached hydrogens (tertiary/aromatic N) is 2. The smallest absolute Gasteiger partial charge is 0.271 e. The summed E-state index contributed by atoms with van der Waals surface area (Å²) in [5.41, 5.74) is 1.87. The van der Waals surface area contributed by atoms with E-state index in [1.807, 2.05) is 32.9 Å². The number of rotatable bonds is 6. The molecule has 0 bridgehead atoms. The summed E-state index contributed by atoms with van der Waals surface area (Å²) in [4.78, 5) is 12.3. The molecule has 5 nitrogen and oxygen atoms in total. The highest BCUT2D eigenvalue weighted by Gasteiger charge is 2.20. The summed E-state index contributed by atoms with van der Waals surface area (Å²) in [5.74, 6) is -0.222. The van der Waals surface area contributed by atoms with Gasteiger partial charge in [-0.05, 0) is 43.0 Å². The number of hydrogen-bond acceptors (Lipinski definition) is 3. The lowest BCUT2D eigenvalue weighted by atomic mass is 9.90.